The zero-order valence-electron chi connectivity index (χ0n) is 14.6. The summed E-state index contributed by atoms with van der Waals surface area (Å²) in [6.45, 7) is 9.06. The van der Waals surface area contributed by atoms with Crippen LogP contribution >= 0.6 is 0 Å². The lowest BCUT2D eigenvalue weighted by molar-refractivity contribution is 0.0714. The van der Waals surface area contributed by atoms with E-state index in [-0.39, 0.29) is 11.9 Å². The van der Waals surface area contributed by atoms with Crippen molar-refractivity contribution in [2.75, 3.05) is 26.2 Å². The number of benzene rings is 1. The summed E-state index contributed by atoms with van der Waals surface area (Å²) >= 11 is 0. The van der Waals surface area contributed by atoms with Crippen LogP contribution in [0.5, 0.6) is 0 Å². The number of unbranched alkanes of at least 4 members (excludes halogenated alkanes) is 1. The van der Waals surface area contributed by atoms with Crippen LogP contribution in [0.2, 0.25) is 0 Å². The van der Waals surface area contributed by atoms with Crippen LogP contribution < -0.4 is 5.73 Å². The molecule has 0 bridgehead atoms. The van der Waals surface area contributed by atoms with E-state index < -0.39 is 0 Å². The maximum absolute atomic E-state index is 12.7. The number of carbonyl (C=O) groups excluding carboxylic acids is 1. The molecule has 0 aromatic heterocycles. The average molecular weight is 317 g/mol. The van der Waals surface area contributed by atoms with E-state index in [0.717, 1.165) is 51.1 Å². The first kappa shape index (κ1) is 18.0. The van der Waals surface area contributed by atoms with E-state index in [2.05, 4.69) is 30.9 Å². The van der Waals surface area contributed by atoms with Crippen LogP contribution in [0.15, 0.2) is 24.3 Å². The number of amides is 1. The number of piperidine rings is 1. The molecule has 128 valence electrons. The summed E-state index contributed by atoms with van der Waals surface area (Å²) in [5, 5.41) is 0. The molecule has 1 aromatic rings. The van der Waals surface area contributed by atoms with Crippen molar-refractivity contribution in [1.29, 1.82) is 0 Å². The molecule has 23 heavy (non-hydrogen) atoms. The van der Waals surface area contributed by atoms with Crippen molar-refractivity contribution in [3.8, 4) is 0 Å². The molecule has 0 spiro atoms. The molecule has 4 nitrogen and oxygen atoms in total. The van der Waals surface area contributed by atoms with Crippen molar-refractivity contribution < 1.29 is 4.79 Å². The lowest BCUT2D eigenvalue weighted by Gasteiger charge is -2.30. The number of likely N-dealkylation sites (tertiary alicyclic amines) is 1. The van der Waals surface area contributed by atoms with Crippen LogP contribution in [0, 0.1) is 0 Å². The highest BCUT2D eigenvalue weighted by Crippen LogP contribution is 2.15. The fraction of sp³-hybridized carbons (Fsp3) is 0.632. The fourth-order valence-corrected chi connectivity index (χ4v) is 3.08. The second kappa shape index (κ2) is 9.04. The number of nitrogens with two attached hydrogens (primary N) is 1. The number of nitrogens with zero attached hydrogens (tertiary/aromatic N) is 2. The highest BCUT2D eigenvalue weighted by Gasteiger charge is 2.21. The van der Waals surface area contributed by atoms with E-state index in [1.165, 1.54) is 18.4 Å². The van der Waals surface area contributed by atoms with Crippen molar-refractivity contribution in [2.24, 2.45) is 5.73 Å². The minimum atomic E-state index is 0.148. The van der Waals surface area contributed by atoms with Gasteiger partial charge < -0.3 is 10.6 Å². The molecule has 4 heteroatoms. The first-order valence-corrected chi connectivity index (χ1v) is 9.00. The molecule has 1 fully saturated rings. The molecule has 1 aliphatic heterocycles. The van der Waals surface area contributed by atoms with Crippen LogP contribution in [0.1, 0.15) is 55.5 Å². The monoisotopic (exact) mass is 317 g/mol. The predicted molar refractivity (Wildman–Crippen MR) is 95.4 cm³/mol. The van der Waals surface area contributed by atoms with Gasteiger partial charge >= 0.3 is 0 Å². The Bertz CT molecular complexity index is 495. The molecule has 0 radical (unpaired) electrons. The van der Waals surface area contributed by atoms with Crippen molar-refractivity contribution in [1.82, 2.24) is 9.80 Å². The number of carbonyl (C=O) groups is 1. The molecule has 0 atom stereocenters. The van der Waals surface area contributed by atoms with Crippen LogP contribution in [-0.2, 0) is 6.54 Å². The molecule has 1 heterocycles. The number of rotatable bonds is 7. The molecule has 1 aromatic carbocycles. The minimum absolute atomic E-state index is 0.148. The molecular formula is C19H31N3O. The van der Waals surface area contributed by atoms with Crippen molar-refractivity contribution in [2.45, 2.75) is 52.1 Å². The van der Waals surface area contributed by atoms with Crippen molar-refractivity contribution >= 4 is 5.91 Å². The molecule has 1 saturated heterocycles. The van der Waals surface area contributed by atoms with E-state index in [1.807, 2.05) is 17.0 Å². The number of hydrogen-bond donors (Lipinski definition) is 1. The summed E-state index contributed by atoms with van der Waals surface area (Å²) in [5.41, 5.74) is 7.96. The zero-order valence-corrected chi connectivity index (χ0v) is 14.6. The van der Waals surface area contributed by atoms with Gasteiger partial charge in [0.25, 0.3) is 5.91 Å². The van der Waals surface area contributed by atoms with Gasteiger partial charge in [-0.2, -0.15) is 0 Å². The third-order valence-corrected chi connectivity index (χ3v) is 4.68. The zero-order chi connectivity index (χ0) is 16.7. The van der Waals surface area contributed by atoms with Crippen LogP contribution in [0.25, 0.3) is 0 Å². The first-order chi connectivity index (χ1) is 11.1. The third-order valence-electron chi connectivity index (χ3n) is 4.68. The van der Waals surface area contributed by atoms with Gasteiger partial charge in [0.2, 0.25) is 0 Å². The lowest BCUT2D eigenvalue weighted by atomic mass is 10.0. The predicted octanol–water partition coefficient (Wildman–Crippen LogP) is 2.87. The van der Waals surface area contributed by atoms with Crippen LogP contribution in [0.4, 0.5) is 0 Å². The van der Waals surface area contributed by atoms with Gasteiger partial charge in [-0.1, -0.05) is 32.4 Å². The average Bonchev–Trinajstić information content (AvgIpc) is 2.59. The van der Waals surface area contributed by atoms with Gasteiger partial charge in [-0.3, -0.25) is 9.69 Å². The molecule has 2 rings (SSSR count). The van der Waals surface area contributed by atoms with E-state index in [0.29, 0.717) is 0 Å². The Balaban J connectivity index is 1.99. The summed E-state index contributed by atoms with van der Waals surface area (Å²) in [4.78, 5) is 17.0. The van der Waals surface area contributed by atoms with Crippen molar-refractivity contribution in [3.63, 3.8) is 0 Å². The summed E-state index contributed by atoms with van der Waals surface area (Å²) in [6.07, 6.45) is 4.25. The standard InChI is InChI=1S/C19H31N3O/c1-3-5-11-21(4-2)15-16-7-6-8-17(14-16)19(23)22-12-9-18(20)10-13-22/h6-8,14,18H,3-5,9-13,15,20H2,1-2H3. The second-order valence-electron chi connectivity index (χ2n) is 6.55. The fourth-order valence-electron chi connectivity index (χ4n) is 3.08. The van der Waals surface area contributed by atoms with Gasteiger partial charge in [-0.05, 0) is 50.0 Å². The summed E-state index contributed by atoms with van der Waals surface area (Å²) in [7, 11) is 0. The maximum atomic E-state index is 12.7. The number of hydrogen-bond acceptors (Lipinski definition) is 3. The van der Waals surface area contributed by atoms with Gasteiger partial charge in [0.15, 0.2) is 0 Å². The van der Waals surface area contributed by atoms with Gasteiger partial charge in [0, 0.05) is 31.2 Å². The van der Waals surface area contributed by atoms with Gasteiger partial charge in [0.1, 0.15) is 0 Å². The quantitative estimate of drug-likeness (QED) is 0.841. The normalized spacial score (nSPS) is 16.1. The van der Waals surface area contributed by atoms with Crippen LogP contribution in [-0.4, -0.2) is 47.9 Å². The SMILES string of the molecule is CCCCN(CC)Cc1cccc(C(=O)N2CCC(N)CC2)c1. The molecule has 1 amide bonds. The Hall–Kier alpha value is -1.39. The summed E-state index contributed by atoms with van der Waals surface area (Å²) < 4.78 is 0. The third kappa shape index (κ3) is 5.33. The van der Waals surface area contributed by atoms with Gasteiger partial charge in [-0.15, -0.1) is 0 Å². The smallest absolute Gasteiger partial charge is 0.253 e. The van der Waals surface area contributed by atoms with Crippen molar-refractivity contribution in [3.05, 3.63) is 35.4 Å². The molecule has 0 saturated carbocycles. The van der Waals surface area contributed by atoms with Gasteiger partial charge in [-0.25, -0.2) is 0 Å². The van der Waals surface area contributed by atoms with E-state index in [9.17, 15) is 4.79 Å². The Kier molecular flexibility index (Phi) is 7.06. The Morgan fingerprint density at radius 3 is 2.70 bits per heavy atom. The first-order valence-electron chi connectivity index (χ1n) is 9.00. The summed E-state index contributed by atoms with van der Waals surface area (Å²) in [6, 6.07) is 8.37. The summed E-state index contributed by atoms with van der Waals surface area (Å²) in [5.74, 6) is 0.148. The molecular weight excluding hydrogens is 286 g/mol. The Labute approximate surface area is 140 Å². The highest BCUT2D eigenvalue weighted by atomic mass is 16.2. The maximum Gasteiger partial charge on any atom is 0.253 e. The van der Waals surface area contributed by atoms with Crippen LogP contribution in [0.3, 0.4) is 0 Å². The Morgan fingerprint density at radius 2 is 2.04 bits per heavy atom. The highest BCUT2D eigenvalue weighted by molar-refractivity contribution is 5.94. The topological polar surface area (TPSA) is 49.6 Å². The Morgan fingerprint density at radius 1 is 1.30 bits per heavy atom. The molecule has 2 N–H and O–H groups in total. The van der Waals surface area contributed by atoms with E-state index >= 15 is 0 Å². The van der Waals surface area contributed by atoms with E-state index in [4.69, 9.17) is 5.73 Å². The molecule has 1 aliphatic rings. The van der Waals surface area contributed by atoms with E-state index in [1.54, 1.807) is 0 Å². The largest absolute Gasteiger partial charge is 0.339 e. The minimum Gasteiger partial charge on any atom is -0.339 e. The lowest BCUT2D eigenvalue weighted by Crippen LogP contribution is -2.42. The molecule has 0 aliphatic carbocycles. The molecule has 0 unspecified atom stereocenters. The second-order valence-corrected chi connectivity index (χ2v) is 6.55. The van der Waals surface area contributed by atoms with Gasteiger partial charge in [0.05, 0.1) is 0 Å².